The molecule has 0 bridgehead atoms. The van der Waals surface area contributed by atoms with E-state index in [0.29, 0.717) is 29.0 Å². The van der Waals surface area contributed by atoms with Gasteiger partial charge in [0.1, 0.15) is 11.0 Å². The van der Waals surface area contributed by atoms with E-state index in [2.05, 4.69) is 10.2 Å². The van der Waals surface area contributed by atoms with E-state index in [-0.39, 0.29) is 11.2 Å². The number of esters is 1. The third kappa shape index (κ3) is 3.65. The Morgan fingerprint density at radius 3 is 2.52 bits per heavy atom. The molecule has 0 saturated carbocycles. The van der Waals surface area contributed by atoms with Crippen molar-refractivity contribution in [2.45, 2.75) is 16.8 Å². The number of rotatable bonds is 5. The summed E-state index contributed by atoms with van der Waals surface area (Å²) in [6.45, 7) is 0.442. The summed E-state index contributed by atoms with van der Waals surface area (Å²) in [5.74, 6) is 1.22. The highest BCUT2D eigenvalue weighted by Crippen LogP contribution is 2.33. The van der Waals surface area contributed by atoms with Crippen LogP contribution >= 0.6 is 23.4 Å². The Labute approximate surface area is 165 Å². The lowest BCUT2D eigenvalue weighted by molar-refractivity contribution is -0.137. The maximum atomic E-state index is 11.9. The number of ether oxygens (including phenoxy) is 2. The minimum absolute atomic E-state index is 0.211. The van der Waals surface area contributed by atoms with Crippen LogP contribution in [0.5, 0.6) is 5.75 Å². The Morgan fingerprint density at radius 1 is 1.15 bits per heavy atom. The van der Waals surface area contributed by atoms with E-state index < -0.39 is 0 Å². The largest absolute Gasteiger partial charge is 0.497 e. The van der Waals surface area contributed by atoms with Gasteiger partial charge in [-0.05, 0) is 48.5 Å². The lowest BCUT2D eigenvalue weighted by Gasteiger charge is -2.12. The summed E-state index contributed by atoms with van der Waals surface area (Å²) >= 11 is 7.38. The van der Waals surface area contributed by atoms with Gasteiger partial charge in [0.2, 0.25) is 0 Å². The number of cyclic esters (lactones) is 1. The molecule has 1 fully saturated rings. The second-order valence-electron chi connectivity index (χ2n) is 5.91. The first-order chi connectivity index (χ1) is 13.2. The predicted molar refractivity (Wildman–Crippen MR) is 104 cm³/mol. The van der Waals surface area contributed by atoms with Crippen LogP contribution in [0, 0.1) is 0 Å². The quantitative estimate of drug-likeness (QED) is 0.602. The van der Waals surface area contributed by atoms with Crippen molar-refractivity contribution in [3.05, 3.63) is 53.6 Å². The SMILES string of the molecule is COc1ccc(-n2c(SC3CCOC3=O)nnc2-c2ccc(Cl)cc2)cc1. The Balaban J connectivity index is 1.78. The third-order valence-corrected chi connectivity index (χ3v) is 5.64. The van der Waals surface area contributed by atoms with E-state index in [1.165, 1.54) is 11.8 Å². The standard InChI is InChI=1S/C19H16ClN3O3S/c1-25-15-8-6-14(7-9-15)23-17(12-2-4-13(20)5-3-12)21-22-19(23)27-16-10-11-26-18(16)24/h2-9,16H,10-11H2,1H3. The van der Waals surface area contributed by atoms with Crippen molar-refractivity contribution < 1.29 is 14.3 Å². The Hall–Kier alpha value is -2.51. The highest BCUT2D eigenvalue weighted by Gasteiger charge is 2.30. The van der Waals surface area contributed by atoms with Gasteiger partial charge in [-0.3, -0.25) is 9.36 Å². The molecule has 138 valence electrons. The molecular weight excluding hydrogens is 386 g/mol. The number of nitrogens with zero attached hydrogens (tertiary/aromatic N) is 3. The molecule has 3 aromatic rings. The molecule has 2 aromatic carbocycles. The number of methoxy groups -OCH3 is 1. The maximum Gasteiger partial charge on any atom is 0.319 e. The van der Waals surface area contributed by atoms with Gasteiger partial charge in [-0.2, -0.15) is 0 Å². The number of hydrogen-bond acceptors (Lipinski definition) is 6. The first kappa shape index (κ1) is 17.9. The molecule has 1 saturated heterocycles. The first-order valence-corrected chi connectivity index (χ1v) is 9.60. The van der Waals surface area contributed by atoms with Gasteiger partial charge in [-0.1, -0.05) is 23.4 Å². The second-order valence-corrected chi connectivity index (χ2v) is 7.52. The van der Waals surface area contributed by atoms with Crippen LogP contribution < -0.4 is 4.74 Å². The van der Waals surface area contributed by atoms with Crippen LogP contribution in [0.1, 0.15) is 6.42 Å². The number of carbonyl (C=O) groups is 1. The molecule has 1 aliphatic rings. The molecular formula is C19H16ClN3O3S. The van der Waals surface area contributed by atoms with Gasteiger partial charge in [0, 0.05) is 22.7 Å². The number of carbonyl (C=O) groups excluding carboxylic acids is 1. The summed E-state index contributed by atoms with van der Waals surface area (Å²) in [6, 6.07) is 15.0. The smallest absolute Gasteiger partial charge is 0.319 e. The van der Waals surface area contributed by atoms with Crippen molar-refractivity contribution in [2.75, 3.05) is 13.7 Å². The summed E-state index contributed by atoms with van der Waals surface area (Å²) < 4.78 is 12.2. The van der Waals surface area contributed by atoms with Crippen LogP contribution in [0.15, 0.2) is 53.7 Å². The van der Waals surface area contributed by atoms with Gasteiger partial charge >= 0.3 is 5.97 Å². The van der Waals surface area contributed by atoms with E-state index in [0.717, 1.165) is 17.0 Å². The molecule has 1 aliphatic heterocycles. The summed E-state index contributed by atoms with van der Waals surface area (Å²) in [4.78, 5) is 11.9. The number of hydrogen-bond donors (Lipinski definition) is 0. The molecule has 0 amide bonds. The highest BCUT2D eigenvalue weighted by molar-refractivity contribution is 8.00. The zero-order valence-electron chi connectivity index (χ0n) is 14.5. The molecule has 2 heterocycles. The summed E-state index contributed by atoms with van der Waals surface area (Å²) in [7, 11) is 1.62. The molecule has 1 unspecified atom stereocenters. The second kappa shape index (κ2) is 7.62. The van der Waals surface area contributed by atoms with Crippen LogP contribution in [0.3, 0.4) is 0 Å². The van der Waals surface area contributed by atoms with Crippen LogP contribution in [0.25, 0.3) is 17.1 Å². The van der Waals surface area contributed by atoms with Gasteiger partial charge in [0.15, 0.2) is 11.0 Å². The van der Waals surface area contributed by atoms with Crippen LogP contribution in [-0.4, -0.2) is 39.7 Å². The van der Waals surface area contributed by atoms with Crippen molar-refractivity contribution in [1.29, 1.82) is 0 Å². The maximum absolute atomic E-state index is 11.9. The Kier molecular flexibility index (Phi) is 5.05. The summed E-state index contributed by atoms with van der Waals surface area (Å²) in [5, 5.41) is 9.71. The zero-order chi connectivity index (χ0) is 18.8. The minimum atomic E-state index is -0.274. The number of halogens is 1. The summed E-state index contributed by atoms with van der Waals surface area (Å²) in [5.41, 5.74) is 1.75. The summed E-state index contributed by atoms with van der Waals surface area (Å²) in [6.07, 6.45) is 0.662. The van der Waals surface area contributed by atoms with Crippen LogP contribution in [-0.2, 0) is 9.53 Å². The monoisotopic (exact) mass is 401 g/mol. The molecule has 0 N–H and O–H groups in total. The number of aromatic nitrogens is 3. The van der Waals surface area contributed by atoms with Crippen molar-refractivity contribution in [3.63, 3.8) is 0 Å². The topological polar surface area (TPSA) is 66.2 Å². The third-order valence-electron chi connectivity index (χ3n) is 4.20. The first-order valence-electron chi connectivity index (χ1n) is 8.35. The molecule has 1 atom stereocenters. The van der Waals surface area contributed by atoms with Crippen molar-refractivity contribution >= 4 is 29.3 Å². The van der Waals surface area contributed by atoms with Crippen molar-refractivity contribution in [2.24, 2.45) is 0 Å². The molecule has 0 radical (unpaired) electrons. The Morgan fingerprint density at radius 2 is 1.89 bits per heavy atom. The average Bonchev–Trinajstić information content (AvgIpc) is 3.29. The fourth-order valence-corrected chi connectivity index (χ4v) is 3.95. The van der Waals surface area contributed by atoms with E-state index in [1.54, 1.807) is 7.11 Å². The zero-order valence-corrected chi connectivity index (χ0v) is 16.0. The van der Waals surface area contributed by atoms with Gasteiger partial charge in [0.05, 0.1) is 13.7 Å². The highest BCUT2D eigenvalue weighted by atomic mass is 35.5. The Bertz CT molecular complexity index is 957. The van der Waals surface area contributed by atoms with Crippen LogP contribution in [0.4, 0.5) is 0 Å². The number of thioether (sulfide) groups is 1. The average molecular weight is 402 g/mol. The van der Waals surface area contributed by atoms with E-state index in [1.807, 2.05) is 53.1 Å². The fourth-order valence-electron chi connectivity index (χ4n) is 2.81. The van der Waals surface area contributed by atoms with Crippen molar-refractivity contribution in [1.82, 2.24) is 14.8 Å². The molecule has 27 heavy (non-hydrogen) atoms. The molecule has 0 spiro atoms. The molecule has 8 heteroatoms. The predicted octanol–water partition coefficient (Wildman–Crippen LogP) is 4.00. The lowest BCUT2D eigenvalue weighted by atomic mass is 10.2. The van der Waals surface area contributed by atoms with Crippen molar-refractivity contribution in [3.8, 4) is 22.8 Å². The molecule has 0 aliphatic carbocycles. The van der Waals surface area contributed by atoms with Gasteiger partial charge in [0.25, 0.3) is 0 Å². The normalized spacial score (nSPS) is 16.4. The van der Waals surface area contributed by atoms with Crippen LogP contribution in [0.2, 0.25) is 5.02 Å². The van der Waals surface area contributed by atoms with E-state index in [9.17, 15) is 4.79 Å². The molecule has 6 nitrogen and oxygen atoms in total. The van der Waals surface area contributed by atoms with Gasteiger partial charge < -0.3 is 9.47 Å². The molecule has 4 rings (SSSR count). The lowest BCUT2D eigenvalue weighted by Crippen LogP contribution is -2.11. The number of benzene rings is 2. The van der Waals surface area contributed by atoms with Gasteiger partial charge in [-0.15, -0.1) is 10.2 Å². The minimum Gasteiger partial charge on any atom is -0.497 e. The van der Waals surface area contributed by atoms with E-state index >= 15 is 0 Å². The van der Waals surface area contributed by atoms with Gasteiger partial charge in [-0.25, -0.2) is 0 Å². The van der Waals surface area contributed by atoms with E-state index in [4.69, 9.17) is 21.1 Å². The fraction of sp³-hybridized carbons (Fsp3) is 0.211. The molecule has 1 aromatic heterocycles.